The Morgan fingerprint density at radius 2 is 1.90 bits per heavy atom. The molecule has 1 amide bonds. The highest BCUT2D eigenvalue weighted by atomic mass is 16.5. The Hall–Kier alpha value is -2.04. The summed E-state index contributed by atoms with van der Waals surface area (Å²) in [5.41, 5.74) is -1.05. The van der Waals surface area contributed by atoms with Gasteiger partial charge in [-0.1, -0.05) is 32.0 Å². The van der Waals surface area contributed by atoms with Gasteiger partial charge in [0.1, 0.15) is 12.4 Å². The van der Waals surface area contributed by atoms with Crippen molar-refractivity contribution in [3.63, 3.8) is 0 Å². The summed E-state index contributed by atoms with van der Waals surface area (Å²) in [5.74, 6) is -0.607. The average Bonchev–Trinajstić information content (AvgIpc) is 2.44. The second-order valence-corrected chi connectivity index (χ2v) is 5.57. The van der Waals surface area contributed by atoms with E-state index in [9.17, 15) is 14.7 Å². The summed E-state index contributed by atoms with van der Waals surface area (Å²) in [6.45, 7) is 5.91. The van der Waals surface area contributed by atoms with Crippen LogP contribution in [0.15, 0.2) is 30.3 Å². The number of carbonyl (C=O) groups excluding carboxylic acids is 1. The van der Waals surface area contributed by atoms with E-state index in [4.69, 9.17) is 4.74 Å². The lowest BCUT2D eigenvalue weighted by Crippen LogP contribution is -2.40. The van der Waals surface area contributed by atoms with Crippen molar-refractivity contribution >= 4 is 11.9 Å². The molecule has 0 radical (unpaired) electrons. The molecule has 1 unspecified atom stereocenters. The largest absolute Gasteiger partial charge is 0.492 e. The van der Waals surface area contributed by atoms with E-state index in [1.165, 1.54) is 0 Å². The number of amides is 1. The third-order valence-electron chi connectivity index (χ3n) is 3.73. The van der Waals surface area contributed by atoms with Crippen molar-refractivity contribution in [1.29, 1.82) is 0 Å². The van der Waals surface area contributed by atoms with Gasteiger partial charge in [0.25, 0.3) is 0 Å². The van der Waals surface area contributed by atoms with E-state index in [1.54, 1.807) is 20.8 Å². The van der Waals surface area contributed by atoms with Gasteiger partial charge in [-0.3, -0.25) is 9.59 Å². The fourth-order valence-electron chi connectivity index (χ4n) is 1.80. The number of hydrogen-bond acceptors (Lipinski definition) is 3. The lowest BCUT2D eigenvalue weighted by molar-refractivity contribution is -0.153. The number of benzene rings is 1. The Morgan fingerprint density at radius 1 is 1.29 bits per heavy atom. The molecular formula is C16H23NO4. The molecule has 0 aromatic heterocycles. The standard InChI is InChI=1S/C16H23NO4/c1-12(2)16(3,15(19)20)11-14(18)17-9-10-21-13-7-5-4-6-8-13/h4-8,12H,9-11H2,1-3H3,(H,17,18)(H,19,20). The quantitative estimate of drug-likeness (QED) is 0.721. The van der Waals surface area contributed by atoms with Crippen LogP contribution >= 0.6 is 0 Å². The molecule has 1 aromatic rings. The Kier molecular flexibility index (Phi) is 6.21. The van der Waals surface area contributed by atoms with Crippen LogP contribution < -0.4 is 10.1 Å². The van der Waals surface area contributed by atoms with Gasteiger partial charge in [-0.15, -0.1) is 0 Å². The number of para-hydroxylation sites is 1. The van der Waals surface area contributed by atoms with E-state index in [2.05, 4.69) is 5.32 Å². The van der Waals surface area contributed by atoms with Gasteiger partial charge in [0.15, 0.2) is 0 Å². The van der Waals surface area contributed by atoms with Crippen molar-refractivity contribution in [2.24, 2.45) is 11.3 Å². The fraction of sp³-hybridized carbons (Fsp3) is 0.500. The Labute approximate surface area is 125 Å². The second-order valence-electron chi connectivity index (χ2n) is 5.57. The molecule has 5 heteroatoms. The van der Waals surface area contributed by atoms with Crippen LogP contribution in [-0.2, 0) is 9.59 Å². The minimum atomic E-state index is -1.05. The van der Waals surface area contributed by atoms with Gasteiger partial charge >= 0.3 is 5.97 Å². The van der Waals surface area contributed by atoms with Crippen LogP contribution in [0.4, 0.5) is 0 Å². The van der Waals surface area contributed by atoms with Crippen LogP contribution in [0, 0.1) is 11.3 Å². The zero-order chi connectivity index (χ0) is 15.9. The SMILES string of the molecule is CC(C)C(C)(CC(=O)NCCOc1ccccc1)C(=O)O. The molecule has 0 heterocycles. The number of aliphatic carboxylic acids is 1. The molecule has 0 bridgehead atoms. The first kappa shape index (κ1) is 17.0. The van der Waals surface area contributed by atoms with Gasteiger partial charge in [-0.05, 0) is 25.0 Å². The average molecular weight is 293 g/mol. The van der Waals surface area contributed by atoms with E-state index in [1.807, 2.05) is 30.3 Å². The first-order chi connectivity index (χ1) is 9.86. The first-order valence-corrected chi connectivity index (χ1v) is 7.04. The maximum absolute atomic E-state index is 11.8. The number of carboxylic acids is 1. The van der Waals surface area contributed by atoms with E-state index in [0.717, 1.165) is 5.75 Å². The monoisotopic (exact) mass is 293 g/mol. The zero-order valence-corrected chi connectivity index (χ0v) is 12.8. The predicted octanol–water partition coefficient (Wildman–Crippen LogP) is 2.32. The van der Waals surface area contributed by atoms with Crippen molar-refractivity contribution in [2.75, 3.05) is 13.2 Å². The molecule has 1 aromatic carbocycles. The maximum atomic E-state index is 11.8. The predicted molar refractivity (Wildman–Crippen MR) is 80.1 cm³/mol. The molecule has 0 aliphatic heterocycles. The normalized spacial score (nSPS) is 13.5. The van der Waals surface area contributed by atoms with Crippen LogP contribution in [0.25, 0.3) is 0 Å². The summed E-state index contributed by atoms with van der Waals surface area (Å²) < 4.78 is 5.45. The highest BCUT2D eigenvalue weighted by Crippen LogP contribution is 2.31. The maximum Gasteiger partial charge on any atom is 0.310 e. The Morgan fingerprint density at radius 3 is 2.43 bits per heavy atom. The number of carbonyl (C=O) groups is 2. The lowest BCUT2D eigenvalue weighted by Gasteiger charge is -2.28. The summed E-state index contributed by atoms with van der Waals surface area (Å²) >= 11 is 0. The first-order valence-electron chi connectivity index (χ1n) is 7.04. The molecule has 0 aliphatic rings. The highest BCUT2D eigenvalue weighted by Gasteiger charge is 2.38. The van der Waals surface area contributed by atoms with E-state index < -0.39 is 11.4 Å². The Bertz CT molecular complexity index is 472. The van der Waals surface area contributed by atoms with Crippen molar-refractivity contribution < 1.29 is 19.4 Å². The minimum Gasteiger partial charge on any atom is -0.492 e. The molecule has 0 fully saturated rings. The molecular weight excluding hydrogens is 270 g/mol. The van der Waals surface area contributed by atoms with Gasteiger partial charge in [-0.2, -0.15) is 0 Å². The van der Waals surface area contributed by atoms with Crippen LogP contribution in [0.2, 0.25) is 0 Å². The van der Waals surface area contributed by atoms with Crippen LogP contribution in [0.5, 0.6) is 5.75 Å². The molecule has 5 nitrogen and oxygen atoms in total. The summed E-state index contributed by atoms with van der Waals surface area (Å²) in [7, 11) is 0. The number of ether oxygens (including phenoxy) is 1. The summed E-state index contributed by atoms with van der Waals surface area (Å²) in [6.07, 6.45) is -0.0364. The van der Waals surface area contributed by atoms with Crippen molar-refractivity contribution in [1.82, 2.24) is 5.32 Å². The topological polar surface area (TPSA) is 75.6 Å². The summed E-state index contributed by atoms with van der Waals surface area (Å²) in [5, 5.41) is 12.0. The lowest BCUT2D eigenvalue weighted by atomic mass is 9.76. The smallest absolute Gasteiger partial charge is 0.310 e. The molecule has 0 saturated carbocycles. The van der Waals surface area contributed by atoms with Crippen LogP contribution in [0.3, 0.4) is 0 Å². The zero-order valence-electron chi connectivity index (χ0n) is 12.8. The Balaban J connectivity index is 2.35. The summed E-state index contributed by atoms with van der Waals surface area (Å²) in [6, 6.07) is 9.31. The molecule has 1 rings (SSSR count). The van der Waals surface area contributed by atoms with E-state index >= 15 is 0 Å². The van der Waals surface area contributed by atoms with E-state index in [0.29, 0.717) is 13.2 Å². The van der Waals surface area contributed by atoms with E-state index in [-0.39, 0.29) is 18.2 Å². The van der Waals surface area contributed by atoms with Crippen molar-refractivity contribution in [3.8, 4) is 5.75 Å². The second kappa shape index (κ2) is 7.67. The number of hydrogen-bond donors (Lipinski definition) is 2. The molecule has 116 valence electrons. The number of carboxylic acid groups (broad SMARTS) is 1. The van der Waals surface area contributed by atoms with Gasteiger partial charge in [0.2, 0.25) is 5.91 Å². The molecule has 2 N–H and O–H groups in total. The molecule has 0 saturated heterocycles. The van der Waals surface area contributed by atoms with Gasteiger partial charge < -0.3 is 15.2 Å². The number of rotatable bonds is 8. The molecule has 21 heavy (non-hydrogen) atoms. The molecule has 0 spiro atoms. The number of nitrogens with one attached hydrogen (secondary N) is 1. The minimum absolute atomic E-state index is 0.0364. The molecule has 1 atom stereocenters. The highest BCUT2D eigenvalue weighted by molar-refractivity contribution is 5.84. The van der Waals surface area contributed by atoms with Gasteiger partial charge in [0, 0.05) is 6.42 Å². The van der Waals surface area contributed by atoms with Gasteiger partial charge in [-0.25, -0.2) is 0 Å². The third kappa shape index (κ3) is 5.10. The fourth-order valence-corrected chi connectivity index (χ4v) is 1.80. The summed E-state index contributed by atoms with van der Waals surface area (Å²) in [4.78, 5) is 23.2. The van der Waals surface area contributed by atoms with Crippen LogP contribution in [0.1, 0.15) is 27.2 Å². The van der Waals surface area contributed by atoms with Crippen molar-refractivity contribution in [3.05, 3.63) is 30.3 Å². The van der Waals surface area contributed by atoms with Crippen molar-refractivity contribution in [2.45, 2.75) is 27.2 Å². The molecule has 0 aliphatic carbocycles. The van der Waals surface area contributed by atoms with Crippen LogP contribution in [-0.4, -0.2) is 30.1 Å². The third-order valence-corrected chi connectivity index (χ3v) is 3.73. The van der Waals surface area contributed by atoms with Gasteiger partial charge in [0.05, 0.1) is 12.0 Å².